The Morgan fingerprint density at radius 3 is 2.73 bits per heavy atom. The zero-order valence-corrected chi connectivity index (χ0v) is 5.70. The maximum atomic E-state index is 10.0. The van der Waals surface area contributed by atoms with Crippen molar-refractivity contribution >= 4 is 5.97 Å². The molecular weight excluding hydrogens is 144 g/mol. The maximum absolute atomic E-state index is 10.0. The van der Waals surface area contributed by atoms with Gasteiger partial charge in [-0.1, -0.05) is 0 Å². The van der Waals surface area contributed by atoms with Crippen LogP contribution >= 0.6 is 0 Å². The third-order valence-corrected chi connectivity index (χ3v) is 0.980. The molecule has 0 amide bonds. The molecule has 0 heterocycles. The van der Waals surface area contributed by atoms with E-state index in [4.69, 9.17) is 9.84 Å². The minimum atomic E-state index is -0.992. The second-order valence-electron chi connectivity index (χ2n) is 1.85. The molecule has 0 aliphatic heterocycles. The Morgan fingerprint density at radius 2 is 2.18 bits per heavy atom. The lowest BCUT2D eigenvalue weighted by atomic mass is 10.3. The highest BCUT2D eigenvalue weighted by Gasteiger charge is 1.96. The SMILES string of the molecule is O=C(O)COc1c[c]c[c]c1. The molecule has 0 unspecified atom stereocenters. The molecular formula is C8H6O3. The van der Waals surface area contributed by atoms with Gasteiger partial charge in [-0.15, -0.1) is 0 Å². The molecule has 3 nitrogen and oxygen atoms in total. The smallest absolute Gasteiger partial charge is 0.341 e. The first kappa shape index (κ1) is 7.60. The minimum Gasteiger partial charge on any atom is -0.482 e. The summed E-state index contributed by atoms with van der Waals surface area (Å²) in [5.74, 6) is -0.524. The first-order valence-corrected chi connectivity index (χ1v) is 3.01. The van der Waals surface area contributed by atoms with E-state index in [0.29, 0.717) is 5.75 Å². The van der Waals surface area contributed by atoms with Gasteiger partial charge in [0.2, 0.25) is 0 Å². The topological polar surface area (TPSA) is 46.5 Å². The van der Waals surface area contributed by atoms with E-state index >= 15 is 0 Å². The number of rotatable bonds is 3. The first-order valence-electron chi connectivity index (χ1n) is 3.01. The first-order chi connectivity index (χ1) is 5.29. The number of hydrogen-bond acceptors (Lipinski definition) is 2. The molecule has 3 heteroatoms. The van der Waals surface area contributed by atoms with Crippen molar-refractivity contribution in [3.05, 3.63) is 30.3 Å². The van der Waals surface area contributed by atoms with Gasteiger partial charge in [0.05, 0.1) is 0 Å². The highest BCUT2D eigenvalue weighted by atomic mass is 16.5. The molecule has 0 aliphatic carbocycles. The molecule has 1 aromatic carbocycles. The fourth-order valence-electron chi connectivity index (χ4n) is 0.566. The fraction of sp³-hybridized carbons (Fsp3) is 0.125. The number of carboxylic acids is 1. The van der Waals surface area contributed by atoms with Crippen molar-refractivity contribution in [2.75, 3.05) is 6.61 Å². The van der Waals surface area contributed by atoms with Gasteiger partial charge in [0.25, 0.3) is 0 Å². The van der Waals surface area contributed by atoms with E-state index in [1.807, 2.05) is 0 Å². The van der Waals surface area contributed by atoms with Gasteiger partial charge in [-0.2, -0.15) is 0 Å². The molecule has 2 radical (unpaired) electrons. The molecule has 1 N–H and O–H groups in total. The lowest BCUT2D eigenvalue weighted by molar-refractivity contribution is -0.139. The van der Waals surface area contributed by atoms with Crippen LogP contribution in [-0.2, 0) is 4.79 Å². The largest absolute Gasteiger partial charge is 0.482 e. The van der Waals surface area contributed by atoms with E-state index in [1.54, 1.807) is 18.2 Å². The van der Waals surface area contributed by atoms with Gasteiger partial charge < -0.3 is 9.84 Å². The highest BCUT2D eigenvalue weighted by molar-refractivity contribution is 5.68. The molecule has 0 spiro atoms. The van der Waals surface area contributed by atoms with Gasteiger partial charge in [-0.05, 0) is 30.3 Å². The Labute approximate surface area is 64.2 Å². The van der Waals surface area contributed by atoms with Crippen LogP contribution in [0.25, 0.3) is 0 Å². The second-order valence-corrected chi connectivity index (χ2v) is 1.85. The van der Waals surface area contributed by atoms with Crippen LogP contribution in [0, 0.1) is 12.1 Å². The summed E-state index contributed by atoms with van der Waals surface area (Å²) in [4.78, 5) is 10.0. The maximum Gasteiger partial charge on any atom is 0.341 e. The van der Waals surface area contributed by atoms with Gasteiger partial charge in [0.15, 0.2) is 6.61 Å². The van der Waals surface area contributed by atoms with Crippen LogP contribution in [0.3, 0.4) is 0 Å². The summed E-state index contributed by atoms with van der Waals surface area (Å²) in [6, 6.07) is 10.1. The fourth-order valence-corrected chi connectivity index (χ4v) is 0.566. The van der Waals surface area contributed by atoms with Crippen molar-refractivity contribution in [2.45, 2.75) is 0 Å². The van der Waals surface area contributed by atoms with Crippen molar-refractivity contribution in [1.82, 2.24) is 0 Å². The van der Waals surface area contributed by atoms with Crippen LogP contribution in [0.4, 0.5) is 0 Å². The summed E-state index contributed by atoms with van der Waals surface area (Å²) in [6.07, 6.45) is 0. The summed E-state index contributed by atoms with van der Waals surface area (Å²) in [7, 11) is 0. The normalized spacial score (nSPS) is 9.09. The van der Waals surface area contributed by atoms with E-state index in [-0.39, 0.29) is 6.61 Å². The second kappa shape index (κ2) is 3.61. The van der Waals surface area contributed by atoms with Crippen molar-refractivity contribution in [3.63, 3.8) is 0 Å². The number of hydrogen-bond donors (Lipinski definition) is 1. The molecule has 0 fully saturated rings. The number of carbonyl (C=O) groups is 1. The Kier molecular flexibility index (Phi) is 2.49. The summed E-state index contributed by atoms with van der Waals surface area (Å²) in [5.41, 5.74) is 0. The Bertz CT molecular complexity index is 230. The summed E-state index contributed by atoms with van der Waals surface area (Å²) in [5, 5.41) is 8.23. The van der Waals surface area contributed by atoms with E-state index in [9.17, 15) is 4.79 Å². The Morgan fingerprint density at radius 1 is 1.55 bits per heavy atom. The predicted molar refractivity (Wildman–Crippen MR) is 37.2 cm³/mol. The van der Waals surface area contributed by atoms with Crippen LogP contribution < -0.4 is 4.74 Å². The molecule has 0 aromatic heterocycles. The van der Waals surface area contributed by atoms with Crippen molar-refractivity contribution in [2.24, 2.45) is 0 Å². The molecule has 1 aromatic rings. The third-order valence-electron chi connectivity index (χ3n) is 0.980. The van der Waals surface area contributed by atoms with E-state index < -0.39 is 5.97 Å². The third kappa shape index (κ3) is 2.71. The van der Waals surface area contributed by atoms with E-state index in [0.717, 1.165) is 0 Å². The van der Waals surface area contributed by atoms with Crippen molar-refractivity contribution in [1.29, 1.82) is 0 Å². The molecule has 56 valence electrons. The Hall–Kier alpha value is -1.51. The van der Waals surface area contributed by atoms with Crippen LogP contribution in [0.5, 0.6) is 5.75 Å². The average molecular weight is 150 g/mol. The van der Waals surface area contributed by atoms with E-state index in [2.05, 4.69) is 12.1 Å². The molecule has 0 atom stereocenters. The predicted octanol–water partition coefficient (Wildman–Crippen LogP) is 0.750. The summed E-state index contributed by atoms with van der Waals surface area (Å²) in [6.45, 7) is -0.328. The van der Waals surface area contributed by atoms with Crippen molar-refractivity contribution in [3.8, 4) is 5.75 Å². The van der Waals surface area contributed by atoms with Crippen molar-refractivity contribution < 1.29 is 14.6 Å². The monoisotopic (exact) mass is 150 g/mol. The lowest BCUT2D eigenvalue weighted by Crippen LogP contribution is -2.09. The zero-order valence-electron chi connectivity index (χ0n) is 5.70. The molecule has 0 bridgehead atoms. The van der Waals surface area contributed by atoms with Crippen LogP contribution in [0.15, 0.2) is 18.2 Å². The standard InChI is InChI=1S/C8H6O3/c9-8(10)6-11-7-4-2-1-3-5-7/h1,4-5H,6H2,(H,9,10). The quantitative estimate of drug-likeness (QED) is 0.691. The van der Waals surface area contributed by atoms with Gasteiger partial charge in [-0.3, -0.25) is 0 Å². The number of benzene rings is 1. The molecule has 0 saturated heterocycles. The number of aliphatic carboxylic acids is 1. The minimum absolute atomic E-state index is 0.328. The van der Waals surface area contributed by atoms with E-state index in [1.165, 1.54) is 0 Å². The van der Waals surface area contributed by atoms with Gasteiger partial charge >= 0.3 is 5.97 Å². The van der Waals surface area contributed by atoms with Crippen LogP contribution in [0.1, 0.15) is 0 Å². The Balaban J connectivity index is 2.45. The zero-order chi connectivity index (χ0) is 8.10. The summed E-state index contributed by atoms with van der Waals surface area (Å²) < 4.78 is 4.81. The van der Waals surface area contributed by atoms with Crippen LogP contribution in [-0.4, -0.2) is 17.7 Å². The number of ether oxygens (including phenoxy) is 1. The van der Waals surface area contributed by atoms with Crippen LogP contribution in [0.2, 0.25) is 0 Å². The van der Waals surface area contributed by atoms with Gasteiger partial charge in [0, 0.05) is 0 Å². The average Bonchev–Trinajstić information content (AvgIpc) is 2.03. The van der Waals surface area contributed by atoms with Gasteiger partial charge in [0.1, 0.15) is 5.75 Å². The van der Waals surface area contributed by atoms with Gasteiger partial charge in [-0.25, -0.2) is 4.79 Å². The molecule has 0 saturated carbocycles. The molecule has 11 heavy (non-hydrogen) atoms. The number of carboxylic acid groups (broad SMARTS) is 1. The molecule has 1 rings (SSSR count). The summed E-state index contributed by atoms with van der Waals surface area (Å²) >= 11 is 0. The molecule has 0 aliphatic rings. The highest BCUT2D eigenvalue weighted by Crippen LogP contribution is 2.06. The lowest BCUT2D eigenvalue weighted by Gasteiger charge is -1.99.